The Morgan fingerprint density at radius 1 is 1.39 bits per heavy atom. The van der Waals surface area contributed by atoms with Crippen LogP contribution in [0.1, 0.15) is 39.5 Å². The number of rotatable bonds is 2. The standard InChI is InChI=1S/C13H24N2OS.ClH/c1-10(2)11-9-15(7-8-17-11)12(16)13(14)5-3-4-6-13;/h10-11H,3-9,14H2,1-2H3;1H. The van der Waals surface area contributed by atoms with Gasteiger partial charge >= 0.3 is 0 Å². The zero-order valence-electron chi connectivity index (χ0n) is 11.4. The minimum absolute atomic E-state index is 0. The number of carbonyl (C=O) groups excluding carboxylic acids is 1. The largest absolute Gasteiger partial charge is 0.339 e. The Morgan fingerprint density at radius 2 is 2.00 bits per heavy atom. The van der Waals surface area contributed by atoms with Crippen LogP contribution in [0.15, 0.2) is 0 Å². The molecule has 1 atom stereocenters. The topological polar surface area (TPSA) is 46.3 Å². The zero-order chi connectivity index (χ0) is 12.5. The van der Waals surface area contributed by atoms with Crippen LogP contribution in [0.25, 0.3) is 0 Å². The molecule has 2 rings (SSSR count). The van der Waals surface area contributed by atoms with E-state index in [1.807, 2.05) is 16.7 Å². The lowest BCUT2D eigenvalue weighted by atomic mass is 9.96. The molecule has 0 radical (unpaired) electrons. The Bertz CT molecular complexity index is 293. The maximum Gasteiger partial charge on any atom is 0.242 e. The van der Waals surface area contributed by atoms with Crippen LogP contribution in [0.4, 0.5) is 0 Å². The predicted molar refractivity (Wildman–Crippen MR) is 80.3 cm³/mol. The van der Waals surface area contributed by atoms with E-state index >= 15 is 0 Å². The average molecular weight is 293 g/mol. The van der Waals surface area contributed by atoms with Gasteiger partial charge in [-0.05, 0) is 18.8 Å². The lowest BCUT2D eigenvalue weighted by Gasteiger charge is -2.38. The summed E-state index contributed by atoms with van der Waals surface area (Å²) >= 11 is 2.00. The third kappa shape index (κ3) is 3.34. The number of carbonyl (C=O) groups is 1. The van der Waals surface area contributed by atoms with E-state index in [-0.39, 0.29) is 18.3 Å². The van der Waals surface area contributed by atoms with Crippen molar-refractivity contribution in [3.8, 4) is 0 Å². The van der Waals surface area contributed by atoms with Gasteiger partial charge in [-0.1, -0.05) is 26.7 Å². The molecule has 1 saturated heterocycles. The fourth-order valence-electron chi connectivity index (χ4n) is 2.80. The smallest absolute Gasteiger partial charge is 0.242 e. The molecule has 0 aromatic carbocycles. The van der Waals surface area contributed by atoms with Crippen molar-refractivity contribution in [1.29, 1.82) is 0 Å². The van der Waals surface area contributed by atoms with Crippen LogP contribution in [-0.2, 0) is 4.79 Å². The lowest BCUT2D eigenvalue weighted by Crippen LogP contribution is -2.56. The Hall–Kier alpha value is 0.0700. The van der Waals surface area contributed by atoms with E-state index in [0.29, 0.717) is 11.2 Å². The molecule has 1 aliphatic heterocycles. The highest BCUT2D eigenvalue weighted by Gasteiger charge is 2.41. The van der Waals surface area contributed by atoms with Crippen LogP contribution < -0.4 is 5.73 Å². The zero-order valence-corrected chi connectivity index (χ0v) is 13.0. The quantitative estimate of drug-likeness (QED) is 0.849. The molecule has 5 heteroatoms. The molecule has 0 aromatic rings. The molecule has 1 aliphatic carbocycles. The van der Waals surface area contributed by atoms with Crippen molar-refractivity contribution in [3.63, 3.8) is 0 Å². The summed E-state index contributed by atoms with van der Waals surface area (Å²) < 4.78 is 0. The van der Waals surface area contributed by atoms with Crippen LogP contribution in [-0.4, -0.2) is 40.4 Å². The van der Waals surface area contributed by atoms with Gasteiger partial charge in [-0.15, -0.1) is 12.4 Å². The van der Waals surface area contributed by atoms with Gasteiger partial charge < -0.3 is 10.6 Å². The first-order valence-electron chi connectivity index (χ1n) is 6.73. The normalized spacial score (nSPS) is 27.1. The van der Waals surface area contributed by atoms with Crippen molar-refractivity contribution in [2.45, 2.75) is 50.3 Å². The van der Waals surface area contributed by atoms with Crippen molar-refractivity contribution in [3.05, 3.63) is 0 Å². The highest BCUT2D eigenvalue weighted by molar-refractivity contribution is 8.00. The summed E-state index contributed by atoms with van der Waals surface area (Å²) in [7, 11) is 0. The Balaban J connectivity index is 0.00000162. The Labute approximate surface area is 121 Å². The van der Waals surface area contributed by atoms with Gasteiger partial charge in [0, 0.05) is 24.1 Å². The lowest BCUT2D eigenvalue weighted by molar-refractivity contribution is -0.136. The van der Waals surface area contributed by atoms with Crippen molar-refractivity contribution in [2.75, 3.05) is 18.8 Å². The van der Waals surface area contributed by atoms with Crippen molar-refractivity contribution >= 4 is 30.1 Å². The van der Waals surface area contributed by atoms with E-state index in [0.717, 1.165) is 44.5 Å². The fourth-order valence-corrected chi connectivity index (χ4v) is 4.10. The first-order chi connectivity index (χ1) is 8.03. The highest BCUT2D eigenvalue weighted by Crippen LogP contribution is 2.32. The maximum atomic E-state index is 12.5. The Morgan fingerprint density at radius 3 is 2.56 bits per heavy atom. The molecule has 2 N–H and O–H groups in total. The number of nitrogens with zero attached hydrogens (tertiary/aromatic N) is 1. The van der Waals surface area contributed by atoms with Crippen LogP contribution >= 0.6 is 24.2 Å². The van der Waals surface area contributed by atoms with E-state index < -0.39 is 5.54 Å². The van der Waals surface area contributed by atoms with Crippen molar-refractivity contribution in [2.24, 2.45) is 11.7 Å². The monoisotopic (exact) mass is 292 g/mol. The number of nitrogens with two attached hydrogens (primary N) is 1. The minimum Gasteiger partial charge on any atom is -0.339 e. The second-order valence-corrected chi connectivity index (χ2v) is 7.11. The van der Waals surface area contributed by atoms with Crippen LogP contribution in [0.2, 0.25) is 0 Å². The predicted octanol–water partition coefficient (Wildman–Crippen LogP) is 2.28. The minimum atomic E-state index is -0.538. The number of hydrogen-bond acceptors (Lipinski definition) is 3. The molecule has 1 amide bonds. The molecule has 2 fully saturated rings. The second-order valence-electron chi connectivity index (χ2n) is 5.77. The van der Waals surface area contributed by atoms with Crippen LogP contribution in [0.5, 0.6) is 0 Å². The van der Waals surface area contributed by atoms with Gasteiger partial charge in [0.15, 0.2) is 0 Å². The van der Waals surface area contributed by atoms with Gasteiger partial charge in [0.2, 0.25) is 5.91 Å². The molecule has 0 aromatic heterocycles. The van der Waals surface area contributed by atoms with E-state index in [2.05, 4.69) is 13.8 Å². The summed E-state index contributed by atoms with van der Waals surface area (Å²) in [6, 6.07) is 0. The van der Waals surface area contributed by atoms with Crippen LogP contribution in [0.3, 0.4) is 0 Å². The summed E-state index contributed by atoms with van der Waals surface area (Å²) in [6.07, 6.45) is 3.97. The third-order valence-corrected chi connectivity index (χ3v) is 5.59. The SMILES string of the molecule is CC(C)C1CN(C(=O)C2(N)CCCC2)CCS1.Cl. The summed E-state index contributed by atoms with van der Waals surface area (Å²) in [5, 5.41) is 0.581. The molecule has 0 bridgehead atoms. The third-order valence-electron chi connectivity index (χ3n) is 4.05. The average Bonchev–Trinajstić information content (AvgIpc) is 2.76. The van der Waals surface area contributed by atoms with Gasteiger partial charge in [-0.2, -0.15) is 11.8 Å². The maximum absolute atomic E-state index is 12.5. The molecule has 3 nitrogen and oxygen atoms in total. The second kappa shape index (κ2) is 6.49. The van der Waals surface area contributed by atoms with Crippen LogP contribution in [0, 0.1) is 5.92 Å². The van der Waals surface area contributed by atoms with E-state index in [4.69, 9.17) is 5.73 Å². The van der Waals surface area contributed by atoms with E-state index in [1.54, 1.807) is 0 Å². The molecular weight excluding hydrogens is 268 g/mol. The molecular formula is C13H25ClN2OS. The fraction of sp³-hybridized carbons (Fsp3) is 0.923. The molecule has 18 heavy (non-hydrogen) atoms. The first-order valence-corrected chi connectivity index (χ1v) is 7.78. The highest BCUT2D eigenvalue weighted by atomic mass is 35.5. The molecule has 0 spiro atoms. The summed E-state index contributed by atoms with van der Waals surface area (Å²) in [5.74, 6) is 1.90. The molecule has 106 valence electrons. The summed E-state index contributed by atoms with van der Waals surface area (Å²) in [5.41, 5.74) is 5.72. The van der Waals surface area contributed by atoms with E-state index in [1.165, 1.54) is 0 Å². The summed E-state index contributed by atoms with van der Waals surface area (Å²) in [4.78, 5) is 14.5. The van der Waals surface area contributed by atoms with Gasteiger partial charge in [0.05, 0.1) is 5.54 Å². The number of halogens is 1. The molecule has 1 unspecified atom stereocenters. The Kier molecular flexibility index (Phi) is 5.81. The van der Waals surface area contributed by atoms with Gasteiger partial charge in [0.25, 0.3) is 0 Å². The van der Waals surface area contributed by atoms with Crippen molar-refractivity contribution in [1.82, 2.24) is 4.90 Å². The molecule has 1 heterocycles. The van der Waals surface area contributed by atoms with Gasteiger partial charge in [-0.25, -0.2) is 0 Å². The first kappa shape index (κ1) is 16.1. The van der Waals surface area contributed by atoms with E-state index in [9.17, 15) is 4.79 Å². The summed E-state index contributed by atoms with van der Waals surface area (Å²) in [6.45, 7) is 6.24. The van der Waals surface area contributed by atoms with Gasteiger partial charge in [-0.3, -0.25) is 4.79 Å². The molecule has 2 aliphatic rings. The number of amides is 1. The molecule has 1 saturated carbocycles. The van der Waals surface area contributed by atoms with Crippen molar-refractivity contribution < 1.29 is 4.79 Å². The number of thioether (sulfide) groups is 1. The van der Waals surface area contributed by atoms with Gasteiger partial charge in [0.1, 0.15) is 0 Å². The number of hydrogen-bond donors (Lipinski definition) is 1.